The third-order valence-electron chi connectivity index (χ3n) is 6.21. The maximum atomic E-state index is 13.0. The number of carbonyl (C=O) groups is 3. The average molecular weight is 540 g/mol. The standard InChI is InChI=1S/C27H29N3O7S/c1-2-36-23-15-19(10-11-22(23)37-18-20-8-7-9-21(14-20)30(34)35)16-24-26(32)29(27(33)38-24)17-25(31)28-12-5-3-4-6-13-28/h7-11,14-16H,2-6,12-13,17-18H2,1H3. The van der Waals surface area contributed by atoms with E-state index in [4.69, 9.17) is 9.47 Å². The van der Waals surface area contributed by atoms with Crippen LogP contribution in [0.4, 0.5) is 10.5 Å². The number of ether oxygens (including phenoxy) is 2. The normalized spacial score (nSPS) is 17.0. The Hall–Kier alpha value is -3.86. The number of carbonyl (C=O) groups excluding carboxylic acids is 3. The number of nitrogens with zero attached hydrogens (tertiary/aromatic N) is 3. The first-order valence-corrected chi connectivity index (χ1v) is 13.3. The van der Waals surface area contributed by atoms with E-state index in [1.165, 1.54) is 12.1 Å². The lowest BCUT2D eigenvalue weighted by atomic mass is 10.1. The van der Waals surface area contributed by atoms with Gasteiger partial charge in [-0.1, -0.05) is 31.0 Å². The number of rotatable bonds is 9. The van der Waals surface area contributed by atoms with Crippen molar-refractivity contribution < 1.29 is 28.8 Å². The molecule has 2 aromatic rings. The van der Waals surface area contributed by atoms with Gasteiger partial charge < -0.3 is 14.4 Å². The van der Waals surface area contributed by atoms with E-state index < -0.39 is 16.1 Å². The van der Waals surface area contributed by atoms with Crippen LogP contribution in [0.5, 0.6) is 11.5 Å². The Morgan fingerprint density at radius 3 is 2.53 bits per heavy atom. The van der Waals surface area contributed by atoms with Gasteiger partial charge in [0.1, 0.15) is 13.2 Å². The molecule has 11 heteroatoms. The molecule has 0 radical (unpaired) electrons. The molecule has 2 fully saturated rings. The molecule has 0 aromatic heterocycles. The summed E-state index contributed by atoms with van der Waals surface area (Å²) in [5.41, 5.74) is 1.24. The van der Waals surface area contributed by atoms with E-state index in [9.17, 15) is 24.5 Å². The minimum absolute atomic E-state index is 0.0199. The Morgan fingerprint density at radius 2 is 1.82 bits per heavy atom. The molecule has 0 spiro atoms. The van der Waals surface area contributed by atoms with Gasteiger partial charge in [-0.05, 0) is 60.9 Å². The van der Waals surface area contributed by atoms with Gasteiger partial charge >= 0.3 is 0 Å². The van der Waals surface area contributed by atoms with Crippen LogP contribution in [0.15, 0.2) is 47.4 Å². The summed E-state index contributed by atoms with van der Waals surface area (Å²) in [6.07, 6.45) is 5.61. The molecular weight excluding hydrogens is 510 g/mol. The zero-order chi connectivity index (χ0) is 27.1. The van der Waals surface area contributed by atoms with E-state index in [0.29, 0.717) is 42.3 Å². The van der Waals surface area contributed by atoms with E-state index in [1.807, 2.05) is 6.92 Å². The highest BCUT2D eigenvalue weighted by molar-refractivity contribution is 8.18. The SMILES string of the molecule is CCOc1cc(C=C2SC(=O)N(CC(=O)N3CCCCCC3)C2=O)ccc1OCc1cccc([N+](=O)[O-])c1. The summed E-state index contributed by atoms with van der Waals surface area (Å²) in [7, 11) is 0. The van der Waals surface area contributed by atoms with Crippen molar-refractivity contribution in [2.75, 3.05) is 26.2 Å². The van der Waals surface area contributed by atoms with Gasteiger partial charge in [-0.25, -0.2) is 0 Å². The average Bonchev–Trinajstić information content (AvgIpc) is 3.09. The van der Waals surface area contributed by atoms with Crippen molar-refractivity contribution in [3.8, 4) is 11.5 Å². The monoisotopic (exact) mass is 539 g/mol. The van der Waals surface area contributed by atoms with Crippen LogP contribution in [0, 0.1) is 10.1 Å². The van der Waals surface area contributed by atoms with E-state index in [1.54, 1.807) is 41.3 Å². The van der Waals surface area contributed by atoms with Crippen molar-refractivity contribution >= 4 is 40.6 Å². The second-order valence-electron chi connectivity index (χ2n) is 8.92. The molecule has 3 amide bonds. The molecule has 0 aliphatic carbocycles. The first-order valence-electron chi connectivity index (χ1n) is 12.5. The molecule has 2 aliphatic heterocycles. The van der Waals surface area contributed by atoms with Crippen LogP contribution in [-0.4, -0.2) is 58.0 Å². The quantitative estimate of drug-likeness (QED) is 0.248. The Morgan fingerprint density at radius 1 is 1.05 bits per heavy atom. The van der Waals surface area contributed by atoms with Crippen molar-refractivity contribution in [3.05, 3.63) is 68.6 Å². The zero-order valence-electron chi connectivity index (χ0n) is 21.1. The van der Waals surface area contributed by atoms with Gasteiger partial charge in [0.05, 0.1) is 16.4 Å². The lowest BCUT2D eigenvalue weighted by molar-refractivity contribution is -0.384. The van der Waals surface area contributed by atoms with Crippen LogP contribution in [0.1, 0.15) is 43.7 Å². The minimum atomic E-state index is -0.493. The van der Waals surface area contributed by atoms with Crippen molar-refractivity contribution in [1.29, 1.82) is 0 Å². The summed E-state index contributed by atoms with van der Waals surface area (Å²) in [4.78, 5) is 51.8. The van der Waals surface area contributed by atoms with Gasteiger partial charge in [-0.15, -0.1) is 0 Å². The van der Waals surface area contributed by atoms with Crippen molar-refractivity contribution in [1.82, 2.24) is 9.80 Å². The summed E-state index contributed by atoms with van der Waals surface area (Å²) in [6, 6.07) is 11.3. The molecule has 38 heavy (non-hydrogen) atoms. The first kappa shape index (κ1) is 27.2. The van der Waals surface area contributed by atoms with Gasteiger partial charge in [-0.3, -0.25) is 29.4 Å². The van der Waals surface area contributed by atoms with Gasteiger partial charge in [0.2, 0.25) is 5.91 Å². The summed E-state index contributed by atoms with van der Waals surface area (Å²) < 4.78 is 11.6. The lowest BCUT2D eigenvalue weighted by Crippen LogP contribution is -2.42. The molecule has 200 valence electrons. The molecule has 2 aromatic carbocycles. The second-order valence-corrected chi connectivity index (χ2v) is 9.91. The van der Waals surface area contributed by atoms with Crippen LogP contribution in [0.25, 0.3) is 6.08 Å². The fourth-order valence-corrected chi connectivity index (χ4v) is 5.10. The number of benzene rings is 2. The Balaban J connectivity index is 1.45. The van der Waals surface area contributed by atoms with Gasteiger partial charge in [-0.2, -0.15) is 0 Å². The summed E-state index contributed by atoms with van der Waals surface area (Å²) in [6.45, 7) is 3.35. The number of thioether (sulfide) groups is 1. The number of imide groups is 1. The smallest absolute Gasteiger partial charge is 0.294 e. The van der Waals surface area contributed by atoms with Gasteiger partial charge in [0.15, 0.2) is 11.5 Å². The van der Waals surface area contributed by atoms with E-state index >= 15 is 0 Å². The van der Waals surface area contributed by atoms with Gasteiger partial charge in [0, 0.05) is 25.2 Å². The molecule has 0 N–H and O–H groups in total. The molecule has 2 aliphatic rings. The molecule has 10 nitrogen and oxygen atoms in total. The van der Waals surface area contributed by atoms with Crippen LogP contribution < -0.4 is 9.47 Å². The maximum absolute atomic E-state index is 13.0. The molecular formula is C27H29N3O7S. The maximum Gasteiger partial charge on any atom is 0.294 e. The Bertz CT molecular complexity index is 1250. The minimum Gasteiger partial charge on any atom is -0.490 e. The van der Waals surface area contributed by atoms with E-state index in [0.717, 1.165) is 42.3 Å². The van der Waals surface area contributed by atoms with E-state index in [-0.39, 0.29) is 29.7 Å². The molecule has 0 atom stereocenters. The number of non-ortho nitro benzene ring substituents is 1. The predicted octanol–water partition coefficient (Wildman–Crippen LogP) is 5.01. The third-order valence-corrected chi connectivity index (χ3v) is 7.11. The highest BCUT2D eigenvalue weighted by Gasteiger charge is 2.37. The largest absolute Gasteiger partial charge is 0.490 e. The number of amides is 3. The Labute approximate surface area is 224 Å². The van der Waals surface area contributed by atoms with Crippen LogP contribution in [0.2, 0.25) is 0 Å². The molecule has 2 saturated heterocycles. The lowest BCUT2D eigenvalue weighted by Gasteiger charge is -2.22. The first-order chi connectivity index (χ1) is 18.4. The van der Waals surface area contributed by atoms with Gasteiger partial charge in [0.25, 0.3) is 16.8 Å². The number of nitro groups is 1. The topological polar surface area (TPSA) is 119 Å². The third kappa shape index (κ3) is 6.71. The number of hydrogen-bond acceptors (Lipinski definition) is 8. The number of hydrogen-bond donors (Lipinski definition) is 0. The molecule has 4 rings (SSSR count). The van der Waals surface area contributed by atoms with Crippen LogP contribution in [0.3, 0.4) is 0 Å². The highest BCUT2D eigenvalue weighted by Crippen LogP contribution is 2.35. The van der Waals surface area contributed by atoms with Crippen LogP contribution >= 0.6 is 11.8 Å². The predicted molar refractivity (Wildman–Crippen MR) is 143 cm³/mol. The zero-order valence-corrected chi connectivity index (χ0v) is 21.9. The van der Waals surface area contributed by atoms with Crippen molar-refractivity contribution in [2.24, 2.45) is 0 Å². The Kier molecular flexibility index (Phi) is 9.01. The summed E-state index contributed by atoms with van der Waals surface area (Å²) >= 11 is 0.805. The molecule has 0 unspecified atom stereocenters. The highest BCUT2D eigenvalue weighted by atomic mass is 32.2. The second kappa shape index (κ2) is 12.6. The molecule has 0 saturated carbocycles. The van der Waals surface area contributed by atoms with Crippen LogP contribution in [-0.2, 0) is 16.2 Å². The fourth-order valence-electron chi connectivity index (χ4n) is 4.27. The summed E-state index contributed by atoms with van der Waals surface area (Å²) in [5.74, 6) is 0.167. The number of likely N-dealkylation sites (tertiary alicyclic amines) is 1. The number of nitro benzene ring substituents is 1. The molecule has 0 bridgehead atoms. The van der Waals surface area contributed by atoms with E-state index in [2.05, 4.69) is 0 Å². The van der Waals surface area contributed by atoms with Crippen molar-refractivity contribution in [3.63, 3.8) is 0 Å². The van der Waals surface area contributed by atoms with Crippen molar-refractivity contribution in [2.45, 2.75) is 39.2 Å². The molecule has 2 heterocycles. The fraction of sp³-hybridized carbons (Fsp3) is 0.370. The summed E-state index contributed by atoms with van der Waals surface area (Å²) in [5, 5.41) is 10.6.